The first-order chi connectivity index (χ1) is 13.3. The lowest BCUT2D eigenvalue weighted by molar-refractivity contribution is -0.115. The molecule has 1 fully saturated rings. The monoisotopic (exact) mass is 369 g/mol. The summed E-state index contributed by atoms with van der Waals surface area (Å²) in [6, 6.07) is 13.6. The molecule has 2 aromatic rings. The Labute approximate surface area is 158 Å². The molecule has 0 bridgehead atoms. The van der Waals surface area contributed by atoms with Crippen LogP contribution in [0.4, 0.5) is 17.1 Å². The van der Waals surface area contributed by atoms with Crippen molar-refractivity contribution in [3.8, 4) is 11.5 Å². The summed E-state index contributed by atoms with van der Waals surface area (Å²) < 4.78 is 16.0. The number of carbonyl (C=O) groups excluding carboxylic acids is 1. The summed E-state index contributed by atoms with van der Waals surface area (Å²) in [5.41, 5.74) is 2.89. The van der Waals surface area contributed by atoms with Gasteiger partial charge in [0.15, 0.2) is 11.5 Å². The van der Waals surface area contributed by atoms with Gasteiger partial charge in [0.2, 0.25) is 12.7 Å². The van der Waals surface area contributed by atoms with Crippen molar-refractivity contribution in [1.82, 2.24) is 0 Å². The van der Waals surface area contributed by atoms with Crippen LogP contribution in [-0.4, -0.2) is 45.5 Å². The van der Waals surface area contributed by atoms with Gasteiger partial charge in [0.25, 0.3) is 0 Å². The lowest BCUT2D eigenvalue weighted by Gasteiger charge is -2.30. The van der Waals surface area contributed by atoms with Gasteiger partial charge in [-0.25, -0.2) is 0 Å². The van der Waals surface area contributed by atoms with Crippen LogP contribution in [0.2, 0.25) is 0 Å². The van der Waals surface area contributed by atoms with Crippen molar-refractivity contribution in [2.24, 2.45) is 0 Å². The molecule has 0 unspecified atom stereocenters. The van der Waals surface area contributed by atoms with Crippen LogP contribution in [0.25, 0.3) is 0 Å². The fourth-order valence-corrected chi connectivity index (χ4v) is 3.21. The molecule has 2 N–H and O–H groups in total. The highest BCUT2D eigenvalue weighted by molar-refractivity contribution is 5.91. The minimum Gasteiger partial charge on any atom is -0.454 e. The van der Waals surface area contributed by atoms with Crippen molar-refractivity contribution in [1.29, 1.82) is 0 Å². The van der Waals surface area contributed by atoms with Gasteiger partial charge in [-0.2, -0.15) is 0 Å². The Balaban J connectivity index is 1.30. The van der Waals surface area contributed by atoms with Gasteiger partial charge >= 0.3 is 0 Å². The number of para-hydroxylation sites is 2. The largest absolute Gasteiger partial charge is 0.454 e. The summed E-state index contributed by atoms with van der Waals surface area (Å²) in [5.74, 6) is 1.31. The summed E-state index contributed by atoms with van der Waals surface area (Å²) in [4.78, 5) is 14.5. The number of rotatable bonds is 6. The molecule has 142 valence electrons. The molecule has 0 radical (unpaired) electrons. The number of carbonyl (C=O) groups is 1. The highest BCUT2D eigenvalue weighted by Crippen LogP contribution is 2.34. The number of hydrogen-bond acceptors (Lipinski definition) is 6. The molecule has 2 aliphatic rings. The number of nitrogens with zero attached hydrogens (tertiary/aromatic N) is 1. The number of amides is 1. The van der Waals surface area contributed by atoms with Gasteiger partial charge in [0.05, 0.1) is 24.6 Å². The summed E-state index contributed by atoms with van der Waals surface area (Å²) in [7, 11) is 0. The van der Waals surface area contributed by atoms with Crippen LogP contribution >= 0.6 is 0 Å². The minimum atomic E-state index is -0.0507. The molecular formula is C20H23N3O4. The second kappa shape index (κ2) is 8.18. The first-order valence-electron chi connectivity index (χ1n) is 9.15. The molecule has 2 heterocycles. The molecule has 7 nitrogen and oxygen atoms in total. The Morgan fingerprint density at radius 2 is 1.85 bits per heavy atom. The maximum absolute atomic E-state index is 12.2. The van der Waals surface area contributed by atoms with Gasteiger partial charge < -0.3 is 29.7 Å². The Morgan fingerprint density at radius 3 is 2.74 bits per heavy atom. The van der Waals surface area contributed by atoms with Crippen LogP contribution in [-0.2, 0) is 9.53 Å². The van der Waals surface area contributed by atoms with E-state index in [1.54, 1.807) is 12.1 Å². The number of nitrogens with one attached hydrogen (secondary N) is 2. The van der Waals surface area contributed by atoms with Crippen molar-refractivity contribution in [2.75, 3.05) is 55.2 Å². The van der Waals surface area contributed by atoms with Gasteiger partial charge in [-0.05, 0) is 24.3 Å². The fraction of sp³-hybridized carbons (Fsp3) is 0.350. The molecule has 27 heavy (non-hydrogen) atoms. The minimum absolute atomic E-state index is 0.0507. The molecule has 0 aliphatic carbocycles. The lowest BCUT2D eigenvalue weighted by Crippen LogP contribution is -2.36. The van der Waals surface area contributed by atoms with E-state index in [1.165, 1.54) is 0 Å². The van der Waals surface area contributed by atoms with E-state index in [9.17, 15) is 4.79 Å². The molecule has 4 rings (SSSR count). The van der Waals surface area contributed by atoms with Gasteiger partial charge in [-0.3, -0.25) is 4.79 Å². The predicted molar refractivity (Wildman–Crippen MR) is 104 cm³/mol. The molecule has 2 aliphatic heterocycles. The van der Waals surface area contributed by atoms with E-state index in [1.807, 2.05) is 24.3 Å². The highest BCUT2D eigenvalue weighted by atomic mass is 16.7. The van der Waals surface area contributed by atoms with E-state index in [4.69, 9.17) is 14.2 Å². The molecule has 1 saturated heterocycles. The number of anilines is 3. The summed E-state index contributed by atoms with van der Waals surface area (Å²) in [5, 5.41) is 6.28. The predicted octanol–water partition coefficient (Wildman–Crippen LogP) is 2.69. The van der Waals surface area contributed by atoms with Gasteiger partial charge in [-0.1, -0.05) is 12.1 Å². The van der Waals surface area contributed by atoms with Crippen molar-refractivity contribution >= 4 is 23.0 Å². The highest BCUT2D eigenvalue weighted by Gasteiger charge is 2.15. The molecular weight excluding hydrogens is 346 g/mol. The second-order valence-electron chi connectivity index (χ2n) is 6.41. The molecule has 0 saturated carbocycles. The molecule has 0 spiro atoms. The Kier molecular flexibility index (Phi) is 5.29. The number of fused-ring (bicyclic) bond motifs is 1. The summed E-state index contributed by atoms with van der Waals surface area (Å²) in [6.07, 6.45) is 0.367. The SMILES string of the molecule is O=C(CCNc1ccccc1N1CCOCC1)Nc1ccc2c(c1)OCO2. The third-order valence-corrected chi connectivity index (χ3v) is 4.58. The second-order valence-corrected chi connectivity index (χ2v) is 6.41. The Bertz CT molecular complexity index is 806. The van der Waals surface area contributed by atoms with Crippen LogP contribution in [0.15, 0.2) is 42.5 Å². The van der Waals surface area contributed by atoms with Gasteiger partial charge in [0.1, 0.15) is 0 Å². The first-order valence-corrected chi connectivity index (χ1v) is 9.15. The summed E-state index contributed by atoms with van der Waals surface area (Å²) >= 11 is 0. The molecule has 0 atom stereocenters. The van der Waals surface area contributed by atoms with E-state index < -0.39 is 0 Å². The van der Waals surface area contributed by atoms with Crippen molar-refractivity contribution in [3.63, 3.8) is 0 Å². The standard InChI is InChI=1S/C20H23N3O4/c24-20(22-15-5-6-18-19(13-15)27-14-26-18)7-8-21-16-3-1-2-4-17(16)23-9-11-25-12-10-23/h1-6,13,21H,7-12,14H2,(H,22,24). The number of benzene rings is 2. The maximum Gasteiger partial charge on any atom is 0.231 e. The van der Waals surface area contributed by atoms with Crippen molar-refractivity contribution in [2.45, 2.75) is 6.42 Å². The van der Waals surface area contributed by atoms with Crippen molar-refractivity contribution in [3.05, 3.63) is 42.5 Å². The Morgan fingerprint density at radius 1 is 1.04 bits per heavy atom. The summed E-state index contributed by atoms with van der Waals surface area (Å²) in [6.45, 7) is 4.02. The van der Waals surface area contributed by atoms with Gasteiger partial charge in [0, 0.05) is 37.8 Å². The Hall–Kier alpha value is -2.93. The zero-order chi connectivity index (χ0) is 18.5. The molecule has 7 heteroatoms. The van der Waals surface area contributed by atoms with Crippen LogP contribution in [0, 0.1) is 0 Å². The van der Waals surface area contributed by atoms with Crippen LogP contribution in [0.3, 0.4) is 0 Å². The van der Waals surface area contributed by atoms with E-state index in [0.717, 1.165) is 37.7 Å². The fourth-order valence-electron chi connectivity index (χ4n) is 3.21. The number of ether oxygens (including phenoxy) is 3. The van der Waals surface area contributed by atoms with Crippen molar-refractivity contribution < 1.29 is 19.0 Å². The van der Waals surface area contributed by atoms with E-state index in [0.29, 0.717) is 30.2 Å². The third kappa shape index (κ3) is 4.25. The molecule has 0 aromatic heterocycles. The number of hydrogen-bond donors (Lipinski definition) is 2. The molecule has 2 aromatic carbocycles. The number of morpholine rings is 1. The topological polar surface area (TPSA) is 72.1 Å². The average Bonchev–Trinajstić information content (AvgIpc) is 3.17. The maximum atomic E-state index is 12.2. The zero-order valence-electron chi connectivity index (χ0n) is 15.1. The normalized spacial score (nSPS) is 15.5. The van der Waals surface area contributed by atoms with Crippen LogP contribution in [0.5, 0.6) is 11.5 Å². The van der Waals surface area contributed by atoms with Gasteiger partial charge in [-0.15, -0.1) is 0 Å². The lowest BCUT2D eigenvalue weighted by atomic mass is 10.2. The van der Waals surface area contributed by atoms with E-state index in [2.05, 4.69) is 21.6 Å². The molecule has 1 amide bonds. The van der Waals surface area contributed by atoms with E-state index in [-0.39, 0.29) is 12.7 Å². The third-order valence-electron chi connectivity index (χ3n) is 4.58. The zero-order valence-corrected chi connectivity index (χ0v) is 15.1. The van der Waals surface area contributed by atoms with Crippen LogP contribution in [0.1, 0.15) is 6.42 Å². The smallest absolute Gasteiger partial charge is 0.231 e. The average molecular weight is 369 g/mol. The quantitative estimate of drug-likeness (QED) is 0.816. The van der Waals surface area contributed by atoms with Crippen LogP contribution < -0.4 is 25.0 Å². The van der Waals surface area contributed by atoms with E-state index >= 15 is 0 Å². The first kappa shape index (κ1) is 17.5.